The van der Waals surface area contributed by atoms with E-state index < -0.39 is 0 Å². The summed E-state index contributed by atoms with van der Waals surface area (Å²) in [5, 5.41) is 7.54. The van der Waals surface area contributed by atoms with Crippen LogP contribution in [0.1, 0.15) is 23.8 Å². The zero-order valence-electron chi connectivity index (χ0n) is 10.8. The van der Waals surface area contributed by atoms with Crippen LogP contribution in [0.15, 0.2) is 6.20 Å². The molecule has 1 aromatic heterocycles. The summed E-state index contributed by atoms with van der Waals surface area (Å²) >= 11 is 1.89. The number of carbonyl (C=O) groups is 1. The molecule has 6 heteroatoms. The molecule has 0 amide bonds. The molecule has 0 aliphatic carbocycles. The van der Waals surface area contributed by atoms with Crippen LogP contribution in [0.2, 0.25) is 0 Å². The number of ketones is 1. The van der Waals surface area contributed by atoms with Crippen LogP contribution in [-0.4, -0.2) is 46.8 Å². The molecule has 1 atom stereocenters. The predicted octanol–water partition coefficient (Wildman–Crippen LogP) is 1.19. The number of hydrogen-bond donors (Lipinski definition) is 1. The first kappa shape index (κ1) is 13.4. The van der Waals surface area contributed by atoms with Crippen LogP contribution in [0, 0.1) is 0 Å². The Balaban J connectivity index is 2.09. The van der Waals surface area contributed by atoms with Gasteiger partial charge in [-0.25, -0.2) is 0 Å². The van der Waals surface area contributed by atoms with Crippen LogP contribution in [0.3, 0.4) is 0 Å². The summed E-state index contributed by atoms with van der Waals surface area (Å²) in [6.45, 7) is 3.63. The Labute approximate surface area is 111 Å². The van der Waals surface area contributed by atoms with Crippen molar-refractivity contribution >= 4 is 17.5 Å². The SMILES string of the molecule is CCn1ncc(OC)c1C(=O)CC1CSCCN1. The minimum absolute atomic E-state index is 0.103. The average molecular weight is 269 g/mol. The van der Waals surface area contributed by atoms with Crippen LogP contribution in [0.5, 0.6) is 5.75 Å². The number of Topliss-reactive ketones (excluding diaryl/α,β-unsaturated/α-hetero) is 1. The van der Waals surface area contributed by atoms with E-state index in [4.69, 9.17) is 4.74 Å². The molecule has 2 rings (SSSR count). The Morgan fingerprint density at radius 2 is 2.56 bits per heavy atom. The summed E-state index contributed by atoms with van der Waals surface area (Å²) in [7, 11) is 1.57. The molecule has 1 aliphatic heterocycles. The van der Waals surface area contributed by atoms with E-state index in [1.165, 1.54) is 0 Å². The van der Waals surface area contributed by atoms with E-state index in [-0.39, 0.29) is 11.8 Å². The summed E-state index contributed by atoms with van der Waals surface area (Å²) in [5.74, 6) is 2.80. The third-order valence-electron chi connectivity index (χ3n) is 3.02. The second-order valence-electron chi connectivity index (χ2n) is 4.23. The Kier molecular flexibility index (Phi) is 4.66. The van der Waals surface area contributed by atoms with Crippen molar-refractivity contribution in [2.75, 3.05) is 25.2 Å². The van der Waals surface area contributed by atoms with Crippen LogP contribution >= 0.6 is 11.8 Å². The number of rotatable bonds is 5. The normalized spacial score (nSPS) is 19.8. The smallest absolute Gasteiger partial charge is 0.186 e. The lowest BCUT2D eigenvalue weighted by atomic mass is 10.1. The molecular weight excluding hydrogens is 250 g/mol. The minimum atomic E-state index is 0.103. The fourth-order valence-corrected chi connectivity index (χ4v) is 3.06. The molecule has 1 aliphatic rings. The van der Waals surface area contributed by atoms with Gasteiger partial charge in [-0.05, 0) is 6.92 Å². The molecule has 18 heavy (non-hydrogen) atoms. The van der Waals surface area contributed by atoms with Gasteiger partial charge in [-0.3, -0.25) is 9.48 Å². The van der Waals surface area contributed by atoms with Crippen molar-refractivity contribution in [1.29, 1.82) is 0 Å². The molecule has 0 radical (unpaired) electrons. The number of nitrogens with zero attached hydrogens (tertiary/aromatic N) is 2. The second-order valence-corrected chi connectivity index (χ2v) is 5.38. The summed E-state index contributed by atoms with van der Waals surface area (Å²) in [6.07, 6.45) is 2.12. The summed E-state index contributed by atoms with van der Waals surface area (Å²) in [5.41, 5.74) is 0.595. The number of methoxy groups -OCH3 is 1. The third-order valence-corrected chi connectivity index (χ3v) is 4.15. The molecule has 100 valence electrons. The number of carbonyl (C=O) groups excluding carboxylic acids is 1. The van der Waals surface area contributed by atoms with Crippen molar-refractivity contribution in [2.45, 2.75) is 25.9 Å². The Morgan fingerprint density at radius 3 is 3.17 bits per heavy atom. The fourth-order valence-electron chi connectivity index (χ4n) is 2.11. The van der Waals surface area contributed by atoms with E-state index in [1.54, 1.807) is 18.0 Å². The van der Waals surface area contributed by atoms with E-state index in [0.717, 1.165) is 18.1 Å². The van der Waals surface area contributed by atoms with Gasteiger partial charge in [0.25, 0.3) is 0 Å². The highest BCUT2D eigenvalue weighted by Crippen LogP contribution is 2.21. The number of thioether (sulfide) groups is 1. The molecule has 1 saturated heterocycles. The third kappa shape index (κ3) is 2.87. The maximum atomic E-state index is 12.3. The van der Waals surface area contributed by atoms with Crippen molar-refractivity contribution in [3.05, 3.63) is 11.9 Å². The molecule has 0 bridgehead atoms. The van der Waals surface area contributed by atoms with Gasteiger partial charge in [0.15, 0.2) is 11.5 Å². The molecule has 0 saturated carbocycles. The van der Waals surface area contributed by atoms with Gasteiger partial charge in [-0.2, -0.15) is 16.9 Å². The van der Waals surface area contributed by atoms with Gasteiger partial charge < -0.3 is 10.1 Å². The first-order valence-electron chi connectivity index (χ1n) is 6.20. The molecule has 0 aromatic carbocycles. The lowest BCUT2D eigenvalue weighted by molar-refractivity contribution is 0.0958. The van der Waals surface area contributed by atoms with E-state index in [2.05, 4.69) is 10.4 Å². The topological polar surface area (TPSA) is 56.2 Å². The highest BCUT2D eigenvalue weighted by molar-refractivity contribution is 7.99. The predicted molar refractivity (Wildman–Crippen MR) is 72.5 cm³/mol. The van der Waals surface area contributed by atoms with E-state index in [1.807, 2.05) is 18.7 Å². The number of aromatic nitrogens is 2. The fraction of sp³-hybridized carbons (Fsp3) is 0.667. The molecule has 1 unspecified atom stereocenters. The lowest BCUT2D eigenvalue weighted by Gasteiger charge is -2.22. The zero-order chi connectivity index (χ0) is 13.0. The Morgan fingerprint density at radius 1 is 1.72 bits per heavy atom. The summed E-state index contributed by atoms with van der Waals surface area (Å²) in [6, 6.07) is 0.265. The van der Waals surface area contributed by atoms with Crippen molar-refractivity contribution in [1.82, 2.24) is 15.1 Å². The van der Waals surface area contributed by atoms with E-state index in [9.17, 15) is 4.79 Å². The number of ether oxygens (including phenoxy) is 1. The Hall–Kier alpha value is -1.01. The lowest BCUT2D eigenvalue weighted by Crippen LogP contribution is -2.39. The van der Waals surface area contributed by atoms with E-state index in [0.29, 0.717) is 24.4 Å². The molecule has 1 fully saturated rings. The summed E-state index contributed by atoms with van der Waals surface area (Å²) in [4.78, 5) is 12.3. The molecule has 0 spiro atoms. The zero-order valence-corrected chi connectivity index (χ0v) is 11.6. The van der Waals surface area contributed by atoms with Gasteiger partial charge in [0.05, 0.1) is 13.3 Å². The largest absolute Gasteiger partial charge is 0.493 e. The van der Waals surface area contributed by atoms with Crippen LogP contribution in [-0.2, 0) is 6.54 Å². The monoisotopic (exact) mass is 269 g/mol. The van der Waals surface area contributed by atoms with Crippen LogP contribution < -0.4 is 10.1 Å². The summed E-state index contributed by atoms with van der Waals surface area (Å²) < 4.78 is 6.91. The maximum absolute atomic E-state index is 12.3. The van der Waals surface area contributed by atoms with Crippen LogP contribution in [0.25, 0.3) is 0 Å². The molecule has 2 heterocycles. The number of nitrogens with one attached hydrogen (secondary N) is 1. The number of aryl methyl sites for hydroxylation is 1. The maximum Gasteiger partial charge on any atom is 0.186 e. The van der Waals surface area contributed by atoms with E-state index >= 15 is 0 Å². The average Bonchev–Trinajstić information content (AvgIpc) is 2.82. The highest BCUT2D eigenvalue weighted by Gasteiger charge is 2.23. The molecule has 1 aromatic rings. The van der Waals surface area contributed by atoms with Crippen molar-refractivity contribution in [2.24, 2.45) is 0 Å². The Bertz CT molecular complexity index is 392. The molecule has 1 N–H and O–H groups in total. The van der Waals surface area contributed by atoms with Crippen molar-refractivity contribution in [3.63, 3.8) is 0 Å². The van der Waals surface area contributed by atoms with Crippen molar-refractivity contribution in [3.8, 4) is 5.75 Å². The second kappa shape index (κ2) is 6.24. The van der Waals surface area contributed by atoms with Gasteiger partial charge in [0.2, 0.25) is 0 Å². The van der Waals surface area contributed by atoms with Gasteiger partial charge in [0.1, 0.15) is 5.69 Å². The van der Waals surface area contributed by atoms with Crippen molar-refractivity contribution < 1.29 is 9.53 Å². The number of hydrogen-bond acceptors (Lipinski definition) is 5. The van der Waals surface area contributed by atoms with Gasteiger partial charge in [0, 0.05) is 37.1 Å². The first-order chi connectivity index (χ1) is 8.76. The highest BCUT2D eigenvalue weighted by atomic mass is 32.2. The van der Waals surface area contributed by atoms with Gasteiger partial charge in [-0.1, -0.05) is 0 Å². The molecule has 5 nitrogen and oxygen atoms in total. The van der Waals surface area contributed by atoms with Gasteiger partial charge in [-0.15, -0.1) is 0 Å². The standard InChI is InChI=1S/C12H19N3O2S/c1-3-15-12(11(17-2)7-14-15)10(16)6-9-8-18-5-4-13-9/h7,9,13H,3-6,8H2,1-2H3. The first-order valence-corrected chi connectivity index (χ1v) is 7.35. The minimum Gasteiger partial charge on any atom is -0.493 e. The quantitative estimate of drug-likeness (QED) is 0.814. The molecular formula is C12H19N3O2S. The van der Waals surface area contributed by atoms with Crippen LogP contribution in [0.4, 0.5) is 0 Å². The van der Waals surface area contributed by atoms with Gasteiger partial charge >= 0.3 is 0 Å².